The van der Waals surface area contributed by atoms with Crippen molar-refractivity contribution in [2.24, 2.45) is 17.3 Å². The van der Waals surface area contributed by atoms with E-state index in [1.807, 2.05) is 19.9 Å². The first kappa shape index (κ1) is 25.5. The number of carbonyl (C=O) groups is 1. The molecular formula is C28H37OPS2. The topological polar surface area (TPSA) is 17.1 Å². The fraction of sp³-hybridized carbons (Fsp3) is 0.500. The number of carbonyl (C=O) groups excluding carboxylic acids is 1. The van der Waals surface area contributed by atoms with Crippen LogP contribution < -0.4 is 5.30 Å². The maximum atomic E-state index is 12.1. The predicted molar refractivity (Wildman–Crippen MR) is 149 cm³/mol. The van der Waals surface area contributed by atoms with Gasteiger partial charge in [-0.25, -0.2) is 0 Å². The molecule has 1 aromatic heterocycles. The molecule has 1 nitrogen and oxygen atoms in total. The van der Waals surface area contributed by atoms with Crippen molar-refractivity contribution in [1.82, 2.24) is 0 Å². The van der Waals surface area contributed by atoms with Crippen molar-refractivity contribution in [2.45, 2.75) is 73.1 Å². The third-order valence-corrected chi connectivity index (χ3v) is 9.30. The van der Waals surface area contributed by atoms with Gasteiger partial charge < -0.3 is 0 Å². The molecule has 2 aliphatic carbocycles. The van der Waals surface area contributed by atoms with Gasteiger partial charge in [0.1, 0.15) is 0 Å². The Labute approximate surface area is 206 Å². The van der Waals surface area contributed by atoms with Gasteiger partial charge in [0.05, 0.1) is 0 Å². The second-order valence-corrected chi connectivity index (χ2v) is 11.8. The number of thiophene rings is 1. The summed E-state index contributed by atoms with van der Waals surface area (Å²) in [6, 6.07) is 8.62. The Hall–Kier alpha value is -1.15. The van der Waals surface area contributed by atoms with E-state index in [1.165, 1.54) is 47.7 Å². The van der Waals surface area contributed by atoms with Crippen LogP contribution in [0.5, 0.6) is 0 Å². The normalized spacial score (nSPS) is 23.9. The highest BCUT2D eigenvalue weighted by atomic mass is 32.1. The van der Waals surface area contributed by atoms with Gasteiger partial charge in [-0.05, 0) is 114 Å². The summed E-state index contributed by atoms with van der Waals surface area (Å²) in [6.45, 7) is 10.8. The summed E-state index contributed by atoms with van der Waals surface area (Å²) in [5.41, 5.74) is 5.28. The van der Waals surface area contributed by atoms with Gasteiger partial charge in [-0.1, -0.05) is 45.1 Å². The van der Waals surface area contributed by atoms with Gasteiger partial charge in [0.25, 0.3) is 0 Å². The number of ketones is 1. The third-order valence-electron chi connectivity index (χ3n) is 7.65. The summed E-state index contributed by atoms with van der Waals surface area (Å²) >= 11 is 6.82. The smallest absolute Gasteiger partial charge is 0.163 e. The van der Waals surface area contributed by atoms with Crippen molar-refractivity contribution in [2.75, 3.05) is 0 Å². The average Bonchev–Trinajstić information content (AvgIpc) is 3.20. The third kappa shape index (κ3) is 5.66. The van der Waals surface area contributed by atoms with Crippen LogP contribution in [0.15, 0.2) is 35.2 Å². The number of Topliss-reactive ketones (excluding diaryl/α,β-unsaturated/α-hetero) is 1. The summed E-state index contributed by atoms with van der Waals surface area (Å²) < 4.78 is 0. The first-order chi connectivity index (χ1) is 15.2. The Morgan fingerprint density at radius 2 is 2.00 bits per heavy atom. The molecule has 1 aromatic carbocycles. The zero-order chi connectivity index (χ0) is 23.5. The lowest BCUT2D eigenvalue weighted by atomic mass is 9.42. The molecule has 172 valence electrons. The second-order valence-electron chi connectivity index (χ2n) is 9.65. The summed E-state index contributed by atoms with van der Waals surface area (Å²) in [5, 5.41) is 3.32. The van der Waals surface area contributed by atoms with E-state index in [0.717, 1.165) is 39.0 Å². The van der Waals surface area contributed by atoms with Crippen LogP contribution in [0, 0.1) is 24.2 Å². The summed E-state index contributed by atoms with van der Waals surface area (Å²) in [6.07, 6.45) is 9.18. The number of benzene rings is 1. The molecule has 4 rings (SSSR count). The average molecular weight is 485 g/mol. The van der Waals surface area contributed by atoms with E-state index >= 15 is 0 Å². The van der Waals surface area contributed by atoms with Crippen LogP contribution in [0.2, 0.25) is 0 Å². The molecule has 0 spiro atoms. The van der Waals surface area contributed by atoms with Crippen molar-refractivity contribution < 1.29 is 4.79 Å². The molecule has 4 atom stereocenters. The Bertz CT molecular complexity index is 988. The highest BCUT2D eigenvalue weighted by molar-refractivity contribution is 7.80. The minimum absolute atomic E-state index is 0.120. The molecule has 32 heavy (non-hydrogen) atoms. The zero-order valence-corrected chi connectivity index (χ0v) is 23.0. The molecular weight excluding hydrogens is 447 g/mol. The number of hydrogen-bond donors (Lipinski definition) is 0. The number of aryl methyl sites for hydroxylation is 1. The second kappa shape index (κ2) is 10.9. The zero-order valence-electron chi connectivity index (χ0n) is 20.2. The van der Waals surface area contributed by atoms with Crippen molar-refractivity contribution in [1.29, 1.82) is 0 Å². The molecule has 1 heterocycles. The fourth-order valence-corrected chi connectivity index (χ4v) is 6.81. The minimum Gasteiger partial charge on any atom is -0.294 e. The van der Waals surface area contributed by atoms with Crippen LogP contribution in [-0.4, -0.2) is 10.6 Å². The number of fused-ring (bicyclic) bond motifs is 1. The molecule has 2 aromatic rings. The number of rotatable bonds is 7. The van der Waals surface area contributed by atoms with E-state index in [2.05, 4.69) is 59.7 Å². The van der Waals surface area contributed by atoms with Crippen molar-refractivity contribution in [3.05, 3.63) is 45.7 Å². The maximum Gasteiger partial charge on any atom is 0.163 e. The Morgan fingerprint density at radius 3 is 2.50 bits per heavy atom. The van der Waals surface area contributed by atoms with Crippen molar-refractivity contribution >= 4 is 54.8 Å². The van der Waals surface area contributed by atoms with Crippen LogP contribution >= 0.6 is 32.8 Å². The highest BCUT2D eigenvalue weighted by Crippen LogP contribution is 2.66. The van der Waals surface area contributed by atoms with Gasteiger partial charge in [-0.2, -0.15) is 0 Å². The quantitative estimate of drug-likeness (QED) is 0.224. The van der Waals surface area contributed by atoms with E-state index in [4.69, 9.17) is 12.2 Å². The van der Waals surface area contributed by atoms with Gasteiger partial charge in [-0.3, -0.25) is 4.79 Å². The van der Waals surface area contributed by atoms with Gasteiger partial charge in [0.15, 0.2) is 5.78 Å². The summed E-state index contributed by atoms with van der Waals surface area (Å²) in [5.74, 6) is 2.33. The fourth-order valence-electron chi connectivity index (χ4n) is 5.33. The SMILES string of the molecule is CCC(=S)CC(=O)/C(C)=C/c1cc(-c2cc(C)cc(P)c2)cs1.CCC12CCC1CC2C. The van der Waals surface area contributed by atoms with E-state index in [9.17, 15) is 4.79 Å². The van der Waals surface area contributed by atoms with E-state index < -0.39 is 0 Å². The van der Waals surface area contributed by atoms with Crippen molar-refractivity contribution in [3.8, 4) is 11.1 Å². The van der Waals surface area contributed by atoms with Crippen LogP contribution in [0.25, 0.3) is 17.2 Å². The lowest BCUT2D eigenvalue weighted by Gasteiger charge is -2.63. The molecule has 4 heteroatoms. The first-order valence-electron chi connectivity index (χ1n) is 11.9. The molecule has 4 unspecified atom stereocenters. The molecule has 0 N–H and O–H groups in total. The molecule has 0 saturated heterocycles. The lowest BCUT2D eigenvalue weighted by Crippen LogP contribution is -2.54. The number of allylic oxidation sites excluding steroid dienone is 1. The van der Waals surface area contributed by atoms with Gasteiger partial charge >= 0.3 is 0 Å². The molecule has 0 aliphatic heterocycles. The molecule has 0 amide bonds. The van der Waals surface area contributed by atoms with E-state index in [1.54, 1.807) is 11.3 Å². The standard InChI is InChI=1S/C19H21OPS2.C9H16/c1-4-17(22)10-19(20)13(3)7-18-9-15(11-23-18)14-5-12(2)6-16(21)8-14;1-3-9-5-4-8(9)6-7(9)2/h5-9,11H,4,10,21H2,1-3H3;7-8H,3-6H2,1-2H3/b13-7+;. The van der Waals surface area contributed by atoms with Gasteiger partial charge in [-0.15, -0.1) is 20.6 Å². The largest absolute Gasteiger partial charge is 0.294 e. The van der Waals surface area contributed by atoms with E-state index in [-0.39, 0.29) is 5.78 Å². The van der Waals surface area contributed by atoms with Crippen LogP contribution in [0.1, 0.15) is 76.7 Å². The lowest BCUT2D eigenvalue weighted by molar-refractivity contribution is -0.136. The van der Waals surface area contributed by atoms with Crippen LogP contribution in [0.4, 0.5) is 0 Å². The van der Waals surface area contributed by atoms with Gasteiger partial charge in [0, 0.05) is 16.2 Å². The highest BCUT2D eigenvalue weighted by Gasteiger charge is 2.56. The number of thiocarbonyl (C=S) groups is 1. The molecule has 0 bridgehead atoms. The summed E-state index contributed by atoms with van der Waals surface area (Å²) in [4.78, 5) is 14.0. The monoisotopic (exact) mass is 484 g/mol. The summed E-state index contributed by atoms with van der Waals surface area (Å²) in [7, 11) is 2.75. The Morgan fingerprint density at radius 1 is 1.25 bits per heavy atom. The molecule has 2 aliphatic rings. The Kier molecular flexibility index (Phi) is 8.64. The predicted octanol–water partition coefficient (Wildman–Crippen LogP) is 8.20. The first-order valence-corrected chi connectivity index (χ1v) is 13.7. The Balaban J connectivity index is 0.000000264. The van der Waals surface area contributed by atoms with Crippen LogP contribution in [0.3, 0.4) is 0 Å². The minimum atomic E-state index is 0.120. The molecule has 0 radical (unpaired) electrons. The molecule has 2 saturated carbocycles. The maximum absolute atomic E-state index is 12.1. The number of hydrogen-bond acceptors (Lipinski definition) is 3. The van der Waals surface area contributed by atoms with Gasteiger partial charge in [0.2, 0.25) is 0 Å². The van der Waals surface area contributed by atoms with Crippen LogP contribution in [-0.2, 0) is 4.79 Å². The molecule has 2 fully saturated rings. The van der Waals surface area contributed by atoms with E-state index in [0.29, 0.717) is 6.42 Å². The van der Waals surface area contributed by atoms with Crippen molar-refractivity contribution in [3.63, 3.8) is 0 Å².